The van der Waals surface area contributed by atoms with Gasteiger partial charge in [-0.05, 0) is 53.1 Å². The molecule has 1 saturated carbocycles. The van der Waals surface area contributed by atoms with Crippen molar-refractivity contribution < 1.29 is 9.18 Å². The van der Waals surface area contributed by atoms with Gasteiger partial charge in [0.25, 0.3) is 0 Å². The molecule has 0 unspecified atom stereocenters. The Morgan fingerprint density at radius 2 is 1.91 bits per heavy atom. The van der Waals surface area contributed by atoms with E-state index in [9.17, 15) is 9.18 Å². The summed E-state index contributed by atoms with van der Waals surface area (Å²) in [6.07, 6.45) is 11.4. The second-order valence-electron chi connectivity index (χ2n) is 8.48. The average Bonchev–Trinajstić information content (AvgIpc) is 3.57. The van der Waals surface area contributed by atoms with Crippen LogP contribution in [0, 0.1) is 5.82 Å². The summed E-state index contributed by atoms with van der Waals surface area (Å²) < 4.78 is 16.5. The number of aryl methyl sites for hydroxylation is 1. The Labute approximate surface area is 201 Å². The molecule has 0 radical (unpaired) electrons. The van der Waals surface area contributed by atoms with E-state index >= 15 is 0 Å². The average molecular weight is 477 g/mol. The topological polar surface area (TPSA) is 85.6 Å². The Morgan fingerprint density at radius 1 is 1.12 bits per heavy atom. The highest BCUT2D eigenvalue weighted by molar-refractivity contribution is 6.31. The van der Waals surface area contributed by atoms with Crippen molar-refractivity contribution in [2.75, 3.05) is 5.32 Å². The molecular formula is C25H22ClFN6O. The molecule has 0 bridgehead atoms. The molecule has 1 fully saturated rings. The lowest BCUT2D eigenvalue weighted by atomic mass is 10.0. The number of aromatic nitrogens is 5. The van der Waals surface area contributed by atoms with Crippen LogP contribution in [0.15, 0.2) is 55.2 Å². The Kier molecular flexibility index (Phi) is 6.06. The lowest BCUT2D eigenvalue weighted by Gasteiger charge is -2.09. The van der Waals surface area contributed by atoms with Gasteiger partial charge in [-0.3, -0.25) is 9.48 Å². The van der Waals surface area contributed by atoms with Crippen LogP contribution in [0.4, 0.5) is 10.2 Å². The van der Waals surface area contributed by atoms with Gasteiger partial charge in [-0.2, -0.15) is 5.10 Å². The van der Waals surface area contributed by atoms with Crippen molar-refractivity contribution in [3.8, 4) is 11.1 Å². The van der Waals surface area contributed by atoms with Gasteiger partial charge < -0.3 is 5.32 Å². The third-order valence-electron chi connectivity index (χ3n) is 5.73. The zero-order valence-electron chi connectivity index (χ0n) is 18.5. The summed E-state index contributed by atoms with van der Waals surface area (Å²) in [6, 6.07) is 6.39. The lowest BCUT2D eigenvalue weighted by molar-refractivity contribution is -0.115. The molecule has 3 heterocycles. The van der Waals surface area contributed by atoms with Crippen LogP contribution in [-0.4, -0.2) is 30.6 Å². The Balaban J connectivity index is 1.22. The molecule has 1 aromatic carbocycles. The van der Waals surface area contributed by atoms with E-state index in [1.54, 1.807) is 47.7 Å². The van der Waals surface area contributed by atoms with E-state index in [-0.39, 0.29) is 17.9 Å². The number of carbonyl (C=O) groups excluding carboxylic acids is 1. The number of nitrogens with zero attached hydrogens (tertiary/aromatic N) is 5. The monoisotopic (exact) mass is 476 g/mol. The number of benzene rings is 1. The smallest absolute Gasteiger partial charge is 0.230 e. The van der Waals surface area contributed by atoms with Crippen LogP contribution < -0.4 is 5.32 Å². The van der Waals surface area contributed by atoms with Gasteiger partial charge in [-0.1, -0.05) is 23.7 Å². The lowest BCUT2D eigenvalue weighted by Crippen LogP contribution is -2.16. The molecule has 5 rings (SSSR count). The largest absolute Gasteiger partial charge is 0.310 e. The predicted octanol–water partition coefficient (Wildman–Crippen LogP) is 4.71. The van der Waals surface area contributed by atoms with Crippen molar-refractivity contribution in [3.63, 3.8) is 0 Å². The van der Waals surface area contributed by atoms with Crippen LogP contribution in [0.25, 0.3) is 11.1 Å². The number of anilines is 1. The van der Waals surface area contributed by atoms with Gasteiger partial charge in [-0.15, -0.1) is 0 Å². The second-order valence-corrected chi connectivity index (χ2v) is 8.89. The molecular weight excluding hydrogens is 455 g/mol. The molecule has 9 heteroatoms. The van der Waals surface area contributed by atoms with Crippen molar-refractivity contribution in [2.45, 2.75) is 31.6 Å². The number of hydrogen-bond donors (Lipinski definition) is 1. The van der Waals surface area contributed by atoms with Crippen molar-refractivity contribution in [1.29, 1.82) is 0 Å². The van der Waals surface area contributed by atoms with Crippen LogP contribution in [0.2, 0.25) is 5.02 Å². The molecule has 3 aromatic heterocycles. The number of halogens is 2. The minimum Gasteiger partial charge on any atom is -0.310 e. The minimum atomic E-state index is -0.470. The minimum absolute atomic E-state index is 0.115. The summed E-state index contributed by atoms with van der Waals surface area (Å²) in [7, 11) is 1.86. The van der Waals surface area contributed by atoms with Gasteiger partial charge in [0, 0.05) is 48.8 Å². The molecule has 1 N–H and O–H groups in total. The van der Waals surface area contributed by atoms with Crippen LogP contribution in [0.1, 0.15) is 41.3 Å². The quantitative estimate of drug-likeness (QED) is 0.417. The number of amides is 1. The highest BCUT2D eigenvalue weighted by Gasteiger charge is 2.26. The Hall–Kier alpha value is -3.65. The van der Waals surface area contributed by atoms with Crippen molar-refractivity contribution in [2.24, 2.45) is 7.05 Å². The summed E-state index contributed by atoms with van der Waals surface area (Å²) in [5, 5.41) is 7.42. The molecule has 0 atom stereocenters. The van der Waals surface area contributed by atoms with E-state index in [4.69, 9.17) is 11.6 Å². The van der Waals surface area contributed by atoms with Crippen LogP contribution in [0.3, 0.4) is 0 Å². The van der Waals surface area contributed by atoms with Crippen LogP contribution in [-0.2, 0) is 24.7 Å². The van der Waals surface area contributed by atoms with E-state index in [0.29, 0.717) is 40.1 Å². The van der Waals surface area contributed by atoms with Crippen LogP contribution in [0.5, 0.6) is 0 Å². The standard InChI is InChI=1S/C25H22ClFN6O/c1-33-14-15(10-31-33)6-23-28-11-19(12-29-23)17-4-5-18(22(27)7-17)8-25(34)32-24-9-21(26)20(13-30-24)16-2-3-16/h4-5,7,9-14,16H,2-3,6,8H2,1H3,(H,30,32,34). The van der Waals surface area contributed by atoms with Gasteiger partial charge in [0.1, 0.15) is 17.5 Å². The summed E-state index contributed by atoms with van der Waals surface area (Å²) >= 11 is 6.29. The molecule has 1 aliphatic rings. The predicted molar refractivity (Wildman–Crippen MR) is 127 cm³/mol. The fourth-order valence-corrected chi connectivity index (χ4v) is 4.08. The molecule has 34 heavy (non-hydrogen) atoms. The zero-order valence-corrected chi connectivity index (χ0v) is 19.3. The molecule has 4 aromatic rings. The third-order valence-corrected chi connectivity index (χ3v) is 6.06. The zero-order chi connectivity index (χ0) is 23.7. The molecule has 172 valence electrons. The highest BCUT2D eigenvalue weighted by atomic mass is 35.5. The maximum atomic E-state index is 14.8. The van der Waals surface area contributed by atoms with Crippen molar-refractivity contribution in [1.82, 2.24) is 24.7 Å². The molecule has 1 amide bonds. The number of pyridine rings is 1. The van der Waals surface area contributed by atoms with Crippen molar-refractivity contribution in [3.05, 3.63) is 88.6 Å². The molecule has 0 spiro atoms. The first-order chi connectivity index (χ1) is 16.4. The van der Waals surface area contributed by atoms with Gasteiger partial charge in [-0.25, -0.2) is 19.3 Å². The van der Waals surface area contributed by atoms with E-state index < -0.39 is 5.82 Å². The van der Waals surface area contributed by atoms with Gasteiger partial charge in [0.05, 0.1) is 12.6 Å². The number of carbonyl (C=O) groups is 1. The van der Waals surface area contributed by atoms with Crippen molar-refractivity contribution >= 4 is 23.3 Å². The summed E-state index contributed by atoms with van der Waals surface area (Å²) in [6.45, 7) is 0. The maximum absolute atomic E-state index is 14.8. The first-order valence-corrected chi connectivity index (χ1v) is 11.3. The highest BCUT2D eigenvalue weighted by Crippen LogP contribution is 2.43. The first kappa shape index (κ1) is 22.2. The summed E-state index contributed by atoms with van der Waals surface area (Å²) in [5.74, 6) is 0.657. The fraction of sp³-hybridized carbons (Fsp3) is 0.240. The van der Waals surface area contributed by atoms with E-state index in [1.807, 2.05) is 13.2 Å². The number of rotatable bonds is 7. The summed E-state index contributed by atoms with van der Waals surface area (Å²) in [5.41, 5.74) is 3.64. The third kappa shape index (κ3) is 5.12. The maximum Gasteiger partial charge on any atom is 0.230 e. The van der Waals surface area contributed by atoms with E-state index in [1.165, 1.54) is 6.07 Å². The van der Waals surface area contributed by atoms with Crippen LogP contribution >= 0.6 is 11.6 Å². The molecule has 1 aliphatic carbocycles. The summed E-state index contributed by atoms with van der Waals surface area (Å²) in [4.78, 5) is 25.5. The molecule has 0 saturated heterocycles. The first-order valence-electron chi connectivity index (χ1n) is 11.0. The van der Waals surface area contributed by atoms with Gasteiger partial charge in [0.2, 0.25) is 5.91 Å². The second kappa shape index (κ2) is 9.30. The normalized spacial score (nSPS) is 13.1. The van der Waals surface area contributed by atoms with E-state index in [2.05, 4.69) is 25.4 Å². The Morgan fingerprint density at radius 3 is 2.56 bits per heavy atom. The SMILES string of the molecule is Cn1cc(Cc2ncc(-c3ccc(CC(=O)Nc4cc(Cl)c(C5CC5)cn4)c(F)c3)cn2)cn1. The van der Waals surface area contributed by atoms with Gasteiger partial charge >= 0.3 is 0 Å². The molecule has 0 aliphatic heterocycles. The Bertz CT molecular complexity index is 1350. The van der Waals surface area contributed by atoms with E-state index in [0.717, 1.165) is 24.0 Å². The fourth-order valence-electron chi connectivity index (χ4n) is 3.78. The number of hydrogen-bond acceptors (Lipinski definition) is 5. The number of nitrogens with one attached hydrogen (secondary N) is 1. The molecule has 7 nitrogen and oxygen atoms in total. The van der Waals surface area contributed by atoms with Gasteiger partial charge in [0.15, 0.2) is 0 Å².